The van der Waals surface area contributed by atoms with Crippen LogP contribution in [0.25, 0.3) is 11.4 Å². The summed E-state index contributed by atoms with van der Waals surface area (Å²) in [4.78, 5) is 25.6. The van der Waals surface area contributed by atoms with Gasteiger partial charge in [0.05, 0.1) is 0 Å². The lowest BCUT2D eigenvalue weighted by atomic mass is 9.97. The summed E-state index contributed by atoms with van der Waals surface area (Å²) in [7, 11) is 0. The summed E-state index contributed by atoms with van der Waals surface area (Å²) in [5, 5.41) is 24.4. The molecule has 0 spiro atoms. The zero-order chi connectivity index (χ0) is 20.3. The molecule has 2 unspecified atom stereocenters. The first kappa shape index (κ1) is 19.2. The fourth-order valence-corrected chi connectivity index (χ4v) is 2.82. The molecule has 2 aromatic carbocycles. The number of rotatable bonds is 6. The van der Waals surface area contributed by atoms with Crippen LogP contribution in [0.4, 0.5) is 0 Å². The van der Waals surface area contributed by atoms with Crippen molar-refractivity contribution in [2.75, 3.05) is 0 Å². The number of carbonyl (C=O) groups excluding carboxylic acids is 1. The molecule has 0 bridgehead atoms. The molecule has 3 rings (SSSR count). The maximum atomic E-state index is 12.7. The fourth-order valence-electron chi connectivity index (χ4n) is 2.82. The van der Waals surface area contributed by atoms with Gasteiger partial charge in [-0.2, -0.15) is 4.80 Å². The Morgan fingerprint density at radius 1 is 1.07 bits per heavy atom. The highest BCUT2D eigenvalue weighted by atomic mass is 16.4. The smallest absolute Gasteiger partial charge is 0.330 e. The van der Waals surface area contributed by atoms with Crippen LogP contribution in [-0.4, -0.2) is 37.2 Å². The maximum absolute atomic E-state index is 12.7. The van der Waals surface area contributed by atoms with Gasteiger partial charge in [0.1, 0.15) is 6.04 Å². The van der Waals surface area contributed by atoms with Crippen molar-refractivity contribution >= 4 is 11.9 Å². The van der Waals surface area contributed by atoms with E-state index in [1.165, 1.54) is 4.80 Å². The number of tetrazole rings is 1. The van der Waals surface area contributed by atoms with Crippen LogP contribution in [0.5, 0.6) is 0 Å². The van der Waals surface area contributed by atoms with Gasteiger partial charge in [-0.05, 0) is 42.7 Å². The predicted molar refractivity (Wildman–Crippen MR) is 102 cm³/mol. The molecule has 1 amide bonds. The third kappa shape index (κ3) is 3.90. The van der Waals surface area contributed by atoms with Crippen molar-refractivity contribution in [3.63, 3.8) is 0 Å². The molecule has 2 atom stereocenters. The Balaban J connectivity index is 1.80. The van der Waals surface area contributed by atoms with E-state index in [2.05, 4.69) is 20.7 Å². The van der Waals surface area contributed by atoms with E-state index in [9.17, 15) is 14.7 Å². The standard InChI is InChI=1S/C20H21N5O3/c1-12-8-7-11-16(13(12)2)17(20(27)28)21-19(26)14(3)25-23-18(22-24-25)15-9-5-4-6-10-15/h4-11,14,17H,1-3H3,(H,21,26)(H,27,28). The molecule has 1 heterocycles. The maximum Gasteiger partial charge on any atom is 0.330 e. The predicted octanol–water partition coefficient (Wildman–Crippen LogP) is 2.46. The lowest BCUT2D eigenvalue weighted by Crippen LogP contribution is -2.38. The quantitative estimate of drug-likeness (QED) is 0.681. The molecule has 0 saturated heterocycles. The van der Waals surface area contributed by atoms with Gasteiger partial charge in [0.2, 0.25) is 11.7 Å². The molecule has 8 heteroatoms. The molecule has 0 aliphatic heterocycles. The van der Waals surface area contributed by atoms with Gasteiger partial charge in [0.15, 0.2) is 6.04 Å². The Hall–Kier alpha value is -3.55. The number of aryl methyl sites for hydroxylation is 1. The summed E-state index contributed by atoms with van der Waals surface area (Å²) in [5.74, 6) is -1.25. The van der Waals surface area contributed by atoms with Crippen LogP contribution in [0.2, 0.25) is 0 Å². The van der Waals surface area contributed by atoms with Crippen LogP contribution in [0.1, 0.15) is 35.7 Å². The van der Waals surface area contributed by atoms with Gasteiger partial charge in [0.25, 0.3) is 0 Å². The topological polar surface area (TPSA) is 110 Å². The van der Waals surface area contributed by atoms with Crippen LogP contribution >= 0.6 is 0 Å². The van der Waals surface area contributed by atoms with Gasteiger partial charge in [-0.15, -0.1) is 10.2 Å². The summed E-state index contributed by atoms with van der Waals surface area (Å²) in [5.41, 5.74) is 3.11. The highest BCUT2D eigenvalue weighted by molar-refractivity contribution is 5.86. The van der Waals surface area contributed by atoms with Gasteiger partial charge in [-0.1, -0.05) is 48.5 Å². The first-order valence-corrected chi connectivity index (χ1v) is 8.82. The average molecular weight is 379 g/mol. The summed E-state index contributed by atoms with van der Waals surface area (Å²) in [6, 6.07) is 12.7. The van der Waals surface area contributed by atoms with Crippen molar-refractivity contribution in [3.05, 3.63) is 65.2 Å². The van der Waals surface area contributed by atoms with Crippen molar-refractivity contribution in [3.8, 4) is 11.4 Å². The molecule has 0 fully saturated rings. The molecule has 0 radical (unpaired) electrons. The van der Waals surface area contributed by atoms with Gasteiger partial charge >= 0.3 is 5.97 Å². The SMILES string of the molecule is Cc1cccc(C(NC(=O)C(C)n2nnc(-c3ccccc3)n2)C(=O)O)c1C. The first-order chi connectivity index (χ1) is 13.4. The Kier molecular flexibility index (Phi) is 5.49. The normalized spacial score (nSPS) is 13.0. The number of nitrogens with zero attached hydrogens (tertiary/aromatic N) is 4. The van der Waals surface area contributed by atoms with Crippen molar-refractivity contribution in [1.82, 2.24) is 25.5 Å². The van der Waals surface area contributed by atoms with Crippen molar-refractivity contribution in [2.24, 2.45) is 0 Å². The van der Waals surface area contributed by atoms with E-state index in [1.807, 2.05) is 50.2 Å². The molecule has 0 aliphatic carbocycles. The number of aromatic nitrogens is 4. The summed E-state index contributed by atoms with van der Waals surface area (Å²) < 4.78 is 0. The Bertz CT molecular complexity index is 1000. The Morgan fingerprint density at radius 2 is 1.79 bits per heavy atom. The van der Waals surface area contributed by atoms with Gasteiger partial charge < -0.3 is 10.4 Å². The molecule has 0 aliphatic rings. The van der Waals surface area contributed by atoms with Crippen LogP contribution in [0.3, 0.4) is 0 Å². The lowest BCUT2D eigenvalue weighted by Gasteiger charge is -2.20. The van der Waals surface area contributed by atoms with E-state index in [0.717, 1.165) is 16.7 Å². The largest absolute Gasteiger partial charge is 0.479 e. The molecule has 1 aromatic heterocycles. The second-order valence-corrected chi connectivity index (χ2v) is 6.54. The number of carboxylic acid groups (broad SMARTS) is 1. The summed E-state index contributed by atoms with van der Waals surface area (Å²) in [6.07, 6.45) is 0. The molecule has 3 aromatic rings. The van der Waals surface area contributed by atoms with Crippen molar-refractivity contribution in [2.45, 2.75) is 32.9 Å². The number of hydrogen-bond donors (Lipinski definition) is 2. The van der Waals surface area contributed by atoms with E-state index in [-0.39, 0.29) is 0 Å². The van der Waals surface area contributed by atoms with Crippen LogP contribution in [0.15, 0.2) is 48.5 Å². The average Bonchev–Trinajstić information content (AvgIpc) is 3.18. The molecule has 144 valence electrons. The molecule has 28 heavy (non-hydrogen) atoms. The van der Waals surface area contributed by atoms with Crippen molar-refractivity contribution < 1.29 is 14.7 Å². The van der Waals surface area contributed by atoms with Crippen LogP contribution in [0, 0.1) is 13.8 Å². The minimum absolute atomic E-state index is 0.393. The summed E-state index contributed by atoms with van der Waals surface area (Å²) >= 11 is 0. The van der Waals surface area contributed by atoms with E-state index in [4.69, 9.17) is 0 Å². The minimum atomic E-state index is -1.16. The Morgan fingerprint density at radius 3 is 2.46 bits per heavy atom. The lowest BCUT2D eigenvalue weighted by molar-refractivity contribution is -0.142. The molecule has 0 saturated carbocycles. The van der Waals surface area contributed by atoms with Crippen LogP contribution in [-0.2, 0) is 9.59 Å². The monoisotopic (exact) mass is 379 g/mol. The van der Waals surface area contributed by atoms with Gasteiger partial charge in [-0.25, -0.2) is 4.79 Å². The number of benzene rings is 2. The second-order valence-electron chi connectivity index (χ2n) is 6.54. The number of aliphatic carboxylic acids is 1. The summed E-state index contributed by atoms with van der Waals surface area (Å²) in [6.45, 7) is 5.32. The van der Waals surface area contributed by atoms with E-state index in [0.29, 0.717) is 11.4 Å². The zero-order valence-electron chi connectivity index (χ0n) is 15.8. The molecular formula is C20H21N5O3. The first-order valence-electron chi connectivity index (χ1n) is 8.82. The van der Waals surface area contributed by atoms with E-state index >= 15 is 0 Å². The fraction of sp³-hybridized carbons (Fsp3) is 0.250. The number of hydrogen-bond acceptors (Lipinski definition) is 5. The zero-order valence-corrected chi connectivity index (χ0v) is 15.8. The third-order valence-electron chi connectivity index (χ3n) is 4.68. The second kappa shape index (κ2) is 7.99. The number of carbonyl (C=O) groups is 2. The van der Waals surface area contributed by atoms with E-state index in [1.54, 1.807) is 19.1 Å². The number of carboxylic acids is 1. The molecular weight excluding hydrogens is 358 g/mol. The number of amides is 1. The van der Waals surface area contributed by atoms with E-state index < -0.39 is 24.0 Å². The Labute approximate surface area is 162 Å². The third-order valence-corrected chi connectivity index (χ3v) is 4.68. The highest BCUT2D eigenvalue weighted by Gasteiger charge is 2.28. The van der Waals surface area contributed by atoms with Crippen molar-refractivity contribution in [1.29, 1.82) is 0 Å². The molecule has 2 N–H and O–H groups in total. The van der Waals surface area contributed by atoms with Gasteiger partial charge in [-0.3, -0.25) is 4.79 Å². The highest BCUT2D eigenvalue weighted by Crippen LogP contribution is 2.22. The van der Waals surface area contributed by atoms with Crippen LogP contribution < -0.4 is 5.32 Å². The van der Waals surface area contributed by atoms with Gasteiger partial charge in [0, 0.05) is 5.56 Å². The molecule has 8 nitrogen and oxygen atoms in total. The number of nitrogens with one attached hydrogen (secondary N) is 1. The minimum Gasteiger partial charge on any atom is -0.479 e.